The van der Waals surface area contributed by atoms with Crippen LogP contribution in [0.1, 0.15) is 29.4 Å². The Bertz CT molecular complexity index is 1140. The number of nitrogens with zero attached hydrogens (tertiary/aromatic N) is 3. The molecule has 9 heteroatoms. The van der Waals surface area contributed by atoms with Crippen LogP contribution >= 0.6 is 0 Å². The van der Waals surface area contributed by atoms with Gasteiger partial charge in [0.05, 0.1) is 28.4 Å². The Morgan fingerprint density at radius 2 is 1.79 bits per heavy atom. The first kappa shape index (κ1) is 19.9. The lowest BCUT2D eigenvalue weighted by atomic mass is 10.1. The molecule has 0 saturated carbocycles. The van der Waals surface area contributed by atoms with Crippen LogP contribution in [-0.2, 0) is 22.0 Å². The number of aromatic nitrogens is 2. The van der Waals surface area contributed by atoms with Gasteiger partial charge >= 0.3 is 6.18 Å². The highest BCUT2D eigenvalue weighted by Crippen LogP contribution is 2.31. The van der Waals surface area contributed by atoms with Crippen LogP contribution in [-0.4, -0.2) is 35.4 Å². The second-order valence-corrected chi connectivity index (χ2v) is 9.24. The van der Waals surface area contributed by atoms with E-state index in [0.717, 1.165) is 29.0 Å². The first-order chi connectivity index (χ1) is 13.6. The lowest BCUT2D eigenvalue weighted by molar-refractivity contribution is -0.137. The lowest BCUT2D eigenvalue weighted by Crippen LogP contribution is -2.30. The average Bonchev–Trinajstić information content (AvgIpc) is 3.25. The number of halogens is 3. The predicted molar refractivity (Wildman–Crippen MR) is 104 cm³/mol. The molecule has 1 atom stereocenters. The second-order valence-electron chi connectivity index (χ2n) is 7.27. The first-order valence-corrected chi connectivity index (χ1v) is 10.8. The Morgan fingerprint density at radius 3 is 2.48 bits per heavy atom. The molecule has 4 rings (SSSR count). The van der Waals surface area contributed by atoms with Gasteiger partial charge in [0.2, 0.25) is 10.0 Å². The fourth-order valence-electron chi connectivity index (χ4n) is 3.89. The number of imidazole rings is 1. The van der Waals surface area contributed by atoms with Gasteiger partial charge in [-0.2, -0.15) is 17.5 Å². The normalized spacial score (nSPS) is 18.6. The maximum atomic E-state index is 12.8. The summed E-state index contributed by atoms with van der Waals surface area (Å²) < 4.78 is 67.2. The number of aryl methyl sites for hydroxylation is 1. The molecule has 3 aromatic rings. The Hall–Kier alpha value is -2.39. The van der Waals surface area contributed by atoms with Crippen molar-refractivity contribution >= 4 is 21.1 Å². The van der Waals surface area contributed by atoms with Gasteiger partial charge in [-0.25, -0.2) is 13.4 Å². The number of para-hydroxylation sites is 2. The average molecular weight is 423 g/mol. The van der Waals surface area contributed by atoms with Crippen LogP contribution in [0.4, 0.5) is 13.2 Å². The van der Waals surface area contributed by atoms with E-state index in [4.69, 9.17) is 0 Å². The quantitative estimate of drug-likeness (QED) is 0.634. The van der Waals surface area contributed by atoms with Gasteiger partial charge in [-0.05, 0) is 43.2 Å². The number of alkyl halides is 3. The summed E-state index contributed by atoms with van der Waals surface area (Å²) in [6.45, 7) is 2.60. The Kier molecular flexibility index (Phi) is 4.90. The molecule has 1 aromatic heterocycles. The Balaban J connectivity index is 1.51. The summed E-state index contributed by atoms with van der Waals surface area (Å²) in [5.41, 5.74) is 1.39. The van der Waals surface area contributed by atoms with Crippen LogP contribution in [0.15, 0.2) is 48.5 Å². The third kappa shape index (κ3) is 3.89. The maximum absolute atomic E-state index is 12.8. The van der Waals surface area contributed by atoms with Gasteiger partial charge in [0.25, 0.3) is 0 Å². The van der Waals surface area contributed by atoms with Gasteiger partial charge in [-0.15, -0.1) is 0 Å². The molecular formula is C20H20F3N3O2S. The zero-order valence-corrected chi connectivity index (χ0v) is 16.5. The number of fused-ring (bicyclic) bond motifs is 1. The van der Waals surface area contributed by atoms with Crippen molar-refractivity contribution in [3.63, 3.8) is 0 Å². The van der Waals surface area contributed by atoms with Crippen molar-refractivity contribution in [1.29, 1.82) is 0 Å². The molecule has 0 unspecified atom stereocenters. The number of hydrogen-bond donors (Lipinski definition) is 0. The highest BCUT2D eigenvalue weighted by Gasteiger charge is 2.34. The summed E-state index contributed by atoms with van der Waals surface area (Å²) in [7, 11) is -3.63. The fraction of sp³-hybridized carbons (Fsp3) is 0.350. The molecule has 0 amide bonds. The topological polar surface area (TPSA) is 55.2 Å². The van der Waals surface area contributed by atoms with Crippen LogP contribution in [0.3, 0.4) is 0 Å². The molecule has 0 spiro atoms. The fourth-order valence-corrected chi connectivity index (χ4v) is 5.47. The van der Waals surface area contributed by atoms with Crippen LogP contribution in [0, 0.1) is 6.92 Å². The van der Waals surface area contributed by atoms with Gasteiger partial charge in [0.15, 0.2) is 0 Å². The number of hydrogen-bond acceptors (Lipinski definition) is 3. The van der Waals surface area contributed by atoms with E-state index in [1.54, 1.807) is 0 Å². The van der Waals surface area contributed by atoms with Gasteiger partial charge in [-0.3, -0.25) is 0 Å². The van der Waals surface area contributed by atoms with E-state index < -0.39 is 21.8 Å². The summed E-state index contributed by atoms with van der Waals surface area (Å²) in [6.07, 6.45) is -3.78. The molecule has 29 heavy (non-hydrogen) atoms. The van der Waals surface area contributed by atoms with Crippen LogP contribution in [0.2, 0.25) is 0 Å². The monoisotopic (exact) mass is 423 g/mol. The number of benzene rings is 2. The molecule has 1 fully saturated rings. The minimum atomic E-state index is -4.44. The first-order valence-electron chi connectivity index (χ1n) is 9.23. The van der Waals surface area contributed by atoms with Crippen molar-refractivity contribution < 1.29 is 21.6 Å². The molecule has 0 N–H and O–H groups in total. The molecule has 2 heterocycles. The van der Waals surface area contributed by atoms with Crippen molar-refractivity contribution in [2.24, 2.45) is 0 Å². The van der Waals surface area contributed by atoms with Gasteiger partial charge in [-0.1, -0.05) is 24.3 Å². The van der Waals surface area contributed by atoms with E-state index in [9.17, 15) is 21.6 Å². The molecule has 2 aromatic carbocycles. The second kappa shape index (κ2) is 7.14. The molecule has 5 nitrogen and oxygen atoms in total. The minimum absolute atomic E-state index is 0.0234. The van der Waals surface area contributed by atoms with Gasteiger partial charge < -0.3 is 4.57 Å². The summed E-state index contributed by atoms with van der Waals surface area (Å²) in [5.74, 6) is 0.514. The maximum Gasteiger partial charge on any atom is 0.416 e. The zero-order valence-electron chi connectivity index (χ0n) is 15.7. The lowest BCUT2D eigenvalue weighted by Gasteiger charge is -2.18. The summed E-state index contributed by atoms with van der Waals surface area (Å²) in [6, 6.07) is 12.0. The van der Waals surface area contributed by atoms with Crippen molar-refractivity contribution in [1.82, 2.24) is 13.9 Å². The molecule has 1 saturated heterocycles. The number of rotatable bonds is 4. The molecular weight excluding hydrogens is 403 g/mol. The molecule has 1 aliphatic rings. The van der Waals surface area contributed by atoms with E-state index >= 15 is 0 Å². The van der Waals surface area contributed by atoms with Crippen molar-refractivity contribution in [3.05, 3.63) is 65.5 Å². The van der Waals surface area contributed by atoms with Crippen LogP contribution in [0.25, 0.3) is 11.0 Å². The summed E-state index contributed by atoms with van der Waals surface area (Å²) in [5, 5.41) is 0. The predicted octanol–water partition coefficient (Wildman–Crippen LogP) is 4.14. The zero-order chi connectivity index (χ0) is 20.8. The summed E-state index contributed by atoms with van der Waals surface area (Å²) in [4.78, 5) is 4.54. The molecule has 0 radical (unpaired) electrons. The van der Waals surface area contributed by atoms with Crippen molar-refractivity contribution in [2.75, 3.05) is 13.1 Å². The number of sulfonamides is 1. The minimum Gasteiger partial charge on any atom is -0.324 e. The van der Waals surface area contributed by atoms with Crippen LogP contribution in [0.5, 0.6) is 0 Å². The Morgan fingerprint density at radius 1 is 1.10 bits per heavy atom. The highest BCUT2D eigenvalue weighted by molar-refractivity contribution is 7.88. The third-order valence-corrected chi connectivity index (χ3v) is 7.10. The van der Waals surface area contributed by atoms with Crippen molar-refractivity contribution in [3.8, 4) is 0 Å². The summed E-state index contributed by atoms with van der Waals surface area (Å²) >= 11 is 0. The van der Waals surface area contributed by atoms with Gasteiger partial charge in [0, 0.05) is 13.1 Å². The van der Waals surface area contributed by atoms with Gasteiger partial charge in [0.1, 0.15) is 5.82 Å². The van der Waals surface area contributed by atoms with E-state index in [1.165, 1.54) is 16.4 Å². The standard InChI is InChI=1S/C20H20F3N3O2S/c1-14-24-18-4-2-3-5-19(18)26(14)17-10-11-25(12-17)29(27,28)13-15-6-8-16(9-7-15)20(21,22)23/h2-9,17H,10-13H2,1H3/t17-/m0/s1. The molecule has 1 aliphatic heterocycles. The highest BCUT2D eigenvalue weighted by atomic mass is 32.2. The van der Waals surface area contributed by atoms with E-state index in [1.807, 2.05) is 31.2 Å². The van der Waals surface area contributed by atoms with Crippen molar-refractivity contribution in [2.45, 2.75) is 31.3 Å². The van der Waals surface area contributed by atoms with E-state index in [0.29, 0.717) is 25.1 Å². The molecule has 154 valence electrons. The molecule has 0 bridgehead atoms. The Labute approximate surface area is 166 Å². The van der Waals surface area contributed by atoms with Crippen LogP contribution < -0.4 is 0 Å². The smallest absolute Gasteiger partial charge is 0.324 e. The van der Waals surface area contributed by atoms with E-state index in [2.05, 4.69) is 9.55 Å². The largest absolute Gasteiger partial charge is 0.416 e. The molecule has 0 aliphatic carbocycles. The SMILES string of the molecule is Cc1nc2ccccc2n1[C@H]1CCN(S(=O)(=O)Cc2ccc(C(F)(F)F)cc2)C1. The third-order valence-electron chi connectivity index (χ3n) is 5.29. The van der Waals surface area contributed by atoms with E-state index in [-0.39, 0.29) is 11.8 Å².